The van der Waals surface area contributed by atoms with Crippen LogP contribution in [-0.4, -0.2) is 29.1 Å². The first-order valence-corrected chi connectivity index (χ1v) is 6.40. The molecule has 1 rings (SSSR count). The third-order valence-electron chi connectivity index (χ3n) is 2.65. The summed E-state index contributed by atoms with van der Waals surface area (Å²) in [4.78, 5) is 22.9. The predicted molar refractivity (Wildman–Crippen MR) is 75.5 cm³/mol. The molecule has 0 aliphatic rings. The molecular formula is C15H19NO4. The zero-order valence-corrected chi connectivity index (χ0v) is 11.6. The fourth-order valence-electron chi connectivity index (χ4n) is 1.54. The first-order valence-electron chi connectivity index (χ1n) is 6.40. The number of carbonyl (C=O) groups is 2. The number of amides is 1. The largest absolute Gasteiger partial charge is 0.481 e. The van der Waals surface area contributed by atoms with Crippen LogP contribution in [0.1, 0.15) is 20.3 Å². The van der Waals surface area contributed by atoms with Gasteiger partial charge in [-0.1, -0.05) is 30.4 Å². The molecule has 0 saturated carbocycles. The lowest BCUT2D eigenvalue weighted by Crippen LogP contribution is -2.46. The molecule has 0 fully saturated rings. The summed E-state index contributed by atoms with van der Waals surface area (Å²) >= 11 is 0. The first-order chi connectivity index (χ1) is 9.54. The van der Waals surface area contributed by atoms with Gasteiger partial charge in [-0.3, -0.25) is 4.79 Å². The van der Waals surface area contributed by atoms with Crippen LogP contribution in [0.25, 0.3) is 0 Å². The van der Waals surface area contributed by atoms with Crippen LogP contribution in [0.15, 0.2) is 42.5 Å². The molecule has 0 heterocycles. The summed E-state index contributed by atoms with van der Waals surface area (Å²) in [5.74, 6) is -0.954. The number of rotatable bonds is 7. The van der Waals surface area contributed by atoms with Crippen LogP contribution in [-0.2, 0) is 9.59 Å². The van der Waals surface area contributed by atoms with Gasteiger partial charge in [0.25, 0.3) is 5.91 Å². The van der Waals surface area contributed by atoms with Crippen molar-refractivity contribution in [1.29, 1.82) is 0 Å². The van der Waals surface area contributed by atoms with E-state index in [2.05, 4.69) is 5.32 Å². The average molecular weight is 277 g/mol. The monoisotopic (exact) mass is 277 g/mol. The molecule has 0 aliphatic carbocycles. The SMILES string of the molecule is C/C=C/CC(NC(=O)C(C)Oc1ccccc1)C(=O)O. The summed E-state index contributed by atoms with van der Waals surface area (Å²) in [5, 5.41) is 11.5. The lowest BCUT2D eigenvalue weighted by atomic mass is 10.2. The number of carboxylic acids is 1. The number of benzene rings is 1. The maximum absolute atomic E-state index is 11.9. The number of ether oxygens (including phenoxy) is 1. The quantitative estimate of drug-likeness (QED) is 0.747. The van der Waals surface area contributed by atoms with Gasteiger partial charge in [0.05, 0.1) is 0 Å². The minimum Gasteiger partial charge on any atom is -0.481 e. The van der Waals surface area contributed by atoms with E-state index < -0.39 is 24.0 Å². The van der Waals surface area contributed by atoms with Crippen LogP contribution in [0.3, 0.4) is 0 Å². The molecule has 20 heavy (non-hydrogen) atoms. The van der Waals surface area contributed by atoms with Crippen LogP contribution in [0.5, 0.6) is 5.75 Å². The van der Waals surface area contributed by atoms with Gasteiger partial charge in [0.2, 0.25) is 0 Å². The molecule has 0 radical (unpaired) electrons. The second-order valence-corrected chi connectivity index (χ2v) is 4.28. The molecule has 1 aromatic carbocycles. The van der Waals surface area contributed by atoms with Crippen molar-refractivity contribution in [3.8, 4) is 5.75 Å². The topological polar surface area (TPSA) is 75.6 Å². The molecule has 0 spiro atoms. The van der Waals surface area contributed by atoms with Gasteiger partial charge in [-0.2, -0.15) is 0 Å². The number of carbonyl (C=O) groups excluding carboxylic acids is 1. The Kier molecular flexibility index (Phi) is 6.29. The van der Waals surface area contributed by atoms with Crippen molar-refractivity contribution in [3.05, 3.63) is 42.5 Å². The van der Waals surface area contributed by atoms with E-state index in [9.17, 15) is 9.59 Å². The second-order valence-electron chi connectivity index (χ2n) is 4.28. The van der Waals surface area contributed by atoms with Crippen LogP contribution in [0.2, 0.25) is 0 Å². The lowest BCUT2D eigenvalue weighted by Gasteiger charge is -2.18. The van der Waals surface area contributed by atoms with E-state index in [0.29, 0.717) is 5.75 Å². The minimum absolute atomic E-state index is 0.246. The minimum atomic E-state index is -1.07. The number of allylic oxidation sites excluding steroid dienone is 1. The van der Waals surface area contributed by atoms with Crippen molar-refractivity contribution < 1.29 is 19.4 Å². The van der Waals surface area contributed by atoms with Gasteiger partial charge in [-0.25, -0.2) is 4.79 Å². The molecule has 0 bridgehead atoms. The standard InChI is InChI=1S/C15H19NO4/c1-3-4-10-13(15(18)19)16-14(17)11(2)20-12-8-6-5-7-9-12/h3-9,11,13H,10H2,1-2H3,(H,16,17)(H,18,19)/b4-3+. The summed E-state index contributed by atoms with van der Waals surface area (Å²) in [7, 11) is 0. The Morgan fingerprint density at radius 2 is 2.00 bits per heavy atom. The molecule has 2 N–H and O–H groups in total. The predicted octanol–water partition coefficient (Wildman–Crippen LogP) is 1.99. The molecule has 5 nitrogen and oxygen atoms in total. The fourth-order valence-corrected chi connectivity index (χ4v) is 1.54. The van der Waals surface area contributed by atoms with Gasteiger partial charge in [-0.15, -0.1) is 0 Å². The average Bonchev–Trinajstić information content (AvgIpc) is 2.43. The third kappa shape index (κ3) is 5.14. The van der Waals surface area contributed by atoms with E-state index in [1.165, 1.54) is 0 Å². The molecule has 2 atom stereocenters. The number of aliphatic carboxylic acids is 1. The zero-order valence-electron chi connectivity index (χ0n) is 11.6. The maximum Gasteiger partial charge on any atom is 0.326 e. The molecular weight excluding hydrogens is 258 g/mol. The molecule has 1 aromatic rings. The van der Waals surface area contributed by atoms with Gasteiger partial charge in [-0.05, 0) is 32.4 Å². The summed E-state index contributed by atoms with van der Waals surface area (Å²) in [6.07, 6.45) is 2.92. The van der Waals surface area contributed by atoms with E-state index in [-0.39, 0.29) is 6.42 Å². The van der Waals surface area contributed by atoms with E-state index in [0.717, 1.165) is 0 Å². The summed E-state index contributed by atoms with van der Waals surface area (Å²) < 4.78 is 5.44. The molecule has 0 aliphatic heterocycles. The first kappa shape index (κ1) is 15.8. The normalized spacial score (nSPS) is 13.7. The Morgan fingerprint density at radius 3 is 2.55 bits per heavy atom. The number of hydrogen-bond donors (Lipinski definition) is 2. The van der Waals surface area contributed by atoms with E-state index in [1.807, 2.05) is 6.07 Å². The lowest BCUT2D eigenvalue weighted by molar-refractivity contribution is -0.142. The van der Waals surface area contributed by atoms with E-state index in [4.69, 9.17) is 9.84 Å². The fraction of sp³-hybridized carbons (Fsp3) is 0.333. The van der Waals surface area contributed by atoms with E-state index >= 15 is 0 Å². The molecule has 0 saturated heterocycles. The third-order valence-corrected chi connectivity index (χ3v) is 2.65. The highest BCUT2D eigenvalue weighted by molar-refractivity contribution is 5.86. The summed E-state index contributed by atoms with van der Waals surface area (Å²) in [5.41, 5.74) is 0. The molecule has 108 valence electrons. The van der Waals surface area contributed by atoms with Crippen LogP contribution in [0.4, 0.5) is 0 Å². The van der Waals surface area contributed by atoms with E-state index in [1.54, 1.807) is 50.3 Å². The van der Waals surface area contributed by atoms with Crippen molar-refractivity contribution in [3.63, 3.8) is 0 Å². The maximum atomic E-state index is 11.9. The molecule has 0 aromatic heterocycles. The van der Waals surface area contributed by atoms with Crippen molar-refractivity contribution in [2.24, 2.45) is 0 Å². The second kappa shape index (κ2) is 7.99. The smallest absolute Gasteiger partial charge is 0.326 e. The zero-order chi connectivity index (χ0) is 15.0. The van der Waals surface area contributed by atoms with Gasteiger partial charge in [0.1, 0.15) is 11.8 Å². The van der Waals surface area contributed by atoms with Crippen LogP contribution >= 0.6 is 0 Å². The van der Waals surface area contributed by atoms with Crippen molar-refractivity contribution in [2.75, 3.05) is 0 Å². The molecule has 5 heteroatoms. The van der Waals surface area contributed by atoms with Crippen molar-refractivity contribution in [2.45, 2.75) is 32.4 Å². The highest BCUT2D eigenvalue weighted by Crippen LogP contribution is 2.11. The Labute approximate surface area is 118 Å². The Bertz CT molecular complexity index is 470. The summed E-state index contributed by atoms with van der Waals surface area (Å²) in [6, 6.07) is 7.96. The van der Waals surface area contributed by atoms with Gasteiger partial charge in [0, 0.05) is 0 Å². The summed E-state index contributed by atoms with van der Waals surface area (Å²) in [6.45, 7) is 3.37. The molecule has 2 unspecified atom stereocenters. The Hall–Kier alpha value is -2.30. The van der Waals surface area contributed by atoms with Gasteiger partial charge < -0.3 is 15.2 Å². The van der Waals surface area contributed by atoms with Crippen LogP contribution in [0, 0.1) is 0 Å². The number of hydrogen-bond acceptors (Lipinski definition) is 3. The number of para-hydroxylation sites is 1. The van der Waals surface area contributed by atoms with Gasteiger partial charge >= 0.3 is 5.97 Å². The highest BCUT2D eigenvalue weighted by Gasteiger charge is 2.22. The molecule has 1 amide bonds. The Morgan fingerprint density at radius 1 is 1.35 bits per heavy atom. The van der Waals surface area contributed by atoms with Crippen molar-refractivity contribution >= 4 is 11.9 Å². The Balaban J connectivity index is 2.57. The van der Waals surface area contributed by atoms with Gasteiger partial charge in [0.15, 0.2) is 6.10 Å². The highest BCUT2D eigenvalue weighted by atomic mass is 16.5. The van der Waals surface area contributed by atoms with Crippen molar-refractivity contribution in [1.82, 2.24) is 5.32 Å². The number of nitrogens with one attached hydrogen (secondary N) is 1. The number of carboxylic acid groups (broad SMARTS) is 1. The van der Waals surface area contributed by atoms with Crippen LogP contribution < -0.4 is 10.1 Å².